The molecule has 90 heavy (non-hydrogen) atoms. The van der Waals surface area contributed by atoms with E-state index in [4.69, 9.17) is 9.47 Å². The zero-order chi connectivity index (χ0) is 59.2. The van der Waals surface area contributed by atoms with Crippen LogP contribution in [0.1, 0.15) is 0 Å². The molecule has 0 saturated carbocycles. The number of benzene rings is 14. The van der Waals surface area contributed by atoms with Crippen molar-refractivity contribution in [2.75, 3.05) is 19.6 Å². The van der Waals surface area contributed by atoms with Gasteiger partial charge < -0.3 is 29.1 Å². The lowest BCUT2D eigenvalue weighted by molar-refractivity contribution is 0.469. The molecular weight excluding hydrogens is 1090 g/mol. The maximum absolute atomic E-state index is 8.08. The average molecular weight is 1150 g/mol. The van der Waals surface area contributed by atoms with E-state index in [1.54, 1.807) is 0 Å². The average Bonchev–Trinajstić information content (AvgIpc) is 0.693. The van der Waals surface area contributed by atoms with Crippen LogP contribution < -0.4 is 61.9 Å². The van der Waals surface area contributed by atoms with Crippen LogP contribution in [0.3, 0.4) is 0 Å². The topological polar surface area (TPSA) is 31.4 Å². The van der Waals surface area contributed by atoms with E-state index in [1.807, 2.05) is 0 Å². The van der Waals surface area contributed by atoms with E-state index >= 15 is 0 Å². The summed E-state index contributed by atoms with van der Waals surface area (Å²) in [6, 6.07) is 118. The molecule has 0 aromatic heterocycles. The first-order chi connectivity index (χ1) is 44.7. The number of hydrogen-bond donors (Lipinski definition) is 0. The van der Waals surface area contributed by atoms with Crippen LogP contribution in [0, 0.1) is 0 Å². The van der Waals surface area contributed by atoms with Gasteiger partial charge in [-0.25, -0.2) is 0 Å². The Kier molecular flexibility index (Phi) is 12.0. The van der Waals surface area contributed by atoms with E-state index in [2.05, 4.69) is 347 Å². The molecule has 0 bridgehead atoms. The molecule has 6 nitrogen and oxygen atoms in total. The van der Waals surface area contributed by atoms with Crippen molar-refractivity contribution >= 4 is 125 Å². The summed E-state index contributed by atoms with van der Waals surface area (Å²) in [5, 5.41) is 2.34. The Bertz CT molecular complexity index is 4770. The molecule has 0 amide bonds. The first kappa shape index (κ1) is 51.5. The van der Waals surface area contributed by atoms with Gasteiger partial charge >= 0.3 is 0 Å². The Hall–Kier alpha value is -11.7. The summed E-state index contributed by atoms with van der Waals surface area (Å²) in [5.74, 6) is 3.08. The summed E-state index contributed by atoms with van der Waals surface area (Å²) in [6.07, 6.45) is 0. The fraction of sp³-hybridized carbons (Fsp3) is 0. The number of hydrogen-bond acceptors (Lipinski definition) is 6. The third kappa shape index (κ3) is 8.15. The van der Waals surface area contributed by atoms with Gasteiger partial charge in [-0.2, -0.15) is 0 Å². The van der Waals surface area contributed by atoms with Crippen LogP contribution in [0.5, 0.6) is 23.0 Å². The molecule has 4 aliphatic heterocycles. The van der Waals surface area contributed by atoms with Crippen LogP contribution in [-0.2, 0) is 0 Å². The number of fused-ring (bicyclic) bond motifs is 9. The van der Waals surface area contributed by atoms with Gasteiger partial charge in [0.25, 0.3) is 13.4 Å². The minimum absolute atomic E-state index is 0.271. The molecule has 0 atom stereocenters. The van der Waals surface area contributed by atoms with E-state index in [0.29, 0.717) is 0 Å². The number of anilines is 12. The smallest absolute Gasteiger partial charge is 0.256 e. The summed E-state index contributed by atoms with van der Waals surface area (Å²) in [6.45, 7) is -0.541. The van der Waals surface area contributed by atoms with Crippen LogP contribution in [0.15, 0.2) is 328 Å². The largest absolute Gasteiger partial charge is 0.457 e. The van der Waals surface area contributed by atoms with Gasteiger partial charge in [0.05, 0.1) is 16.9 Å². The monoisotopic (exact) mass is 1150 g/mol. The number of rotatable bonds is 10. The van der Waals surface area contributed by atoms with Gasteiger partial charge in [-0.05, 0) is 157 Å². The zero-order valence-electron chi connectivity index (χ0n) is 48.9. The number of ether oxygens (including phenoxy) is 2. The lowest BCUT2D eigenvalue weighted by atomic mass is 9.30. The quantitative estimate of drug-likeness (QED) is 0.127. The highest BCUT2D eigenvalue weighted by molar-refractivity contribution is 7.02. The summed E-state index contributed by atoms with van der Waals surface area (Å²) in [5.41, 5.74) is 23.4. The van der Waals surface area contributed by atoms with Crippen LogP contribution in [0.25, 0.3) is 33.0 Å². The molecule has 0 unspecified atom stereocenters. The van der Waals surface area contributed by atoms with Gasteiger partial charge in [0, 0.05) is 69.0 Å². The number of nitrogens with zero attached hydrogens (tertiary/aromatic N) is 4. The van der Waals surface area contributed by atoms with E-state index in [1.165, 1.54) is 21.7 Å². The van der Waals surface area contributed by atoms with E-state index in [0.717, 1.165) is 135 Å². The lowest BCUT2D eigenvalue weighted by Gasteiger charge is -2.43. The van der Waals surface area contributed by atoms with Gasteiger partial charge in [0.1, 0.15) is 23.0 Å². The van der Waals surface area contributed by atoms with E-state index in [9.17, 15) is 0 Å². The fourth-order valence-corrected chi connectivity index (χ4v) is 14.8. The molecule has 0 spiro atoms. The van der Waals surface area contributed by atoms with Crippen molar-refractivity contribution < 1.29 is 9.47 Å². The van der Waals surface area contributed by atoms with Crippen molar-refractivity contribution in [2.24, 2.45) is 0 Å². The standard InChI is InChI=1S/C82H54B2N4O2/c1-7-30-56(31-8-1)85(57-32-9-2-10-33-57)62-50-74-79-76(52-62)89-81-70(83(79)68-46-23-25-48-72(68)87(74)60-38-15-5-16-39-60)54-71-82(78(81)67-44-22-21-43-66(67)65-45-27-29-55-28-19-20-42-64(55)65)90-77-53-63(86(58-34-11-3-12-35-58)59-36-13-4-14-37-59)51-75-80(77)84(71)69-47-24-26-49-73(69)88(75)61-40-17-6-18-41-61/h1-54H. The molecule has 0 aliphatic carbocycles. The van der Waals surface area contributed by atoms with Gasteiger partial charge in [0.2, 0.25) is 0 Å². The lowest BCUT2D eigenvalue weighted by Crippen LogP contribution is -2.63. The second-order valence-electron chi connectivity index (χ2n) is 23.5. The fourth-order valence-electron chi connectivity index (χ4n) is 14.8. The molecule has 0 saturated heterocycles. The molecule has 420 valence electrons. The van der Waals surface area contributed by atoms with Gasteiger partial charge in [-0.15, -0.1) is 0 Å². The zero-order valence-corrected chi connectivity index (χ0v) is 48.9. The van der Waals surface area contributed by atoms with Crippen molar-refractivity contribution in [1.29, 1.82) is 0 Å². The third-order valence-electron chi connectivity index (χ3n) is 18.5. The van der Waals surface area contributed by atoms with Crippen LogP contribution in [0.4, 0.5) is 68.2 Å². The van der Waals surface area contributed by atoms with Crippen LogP contribution in [0.2, 0.25) is 0 Å². The molecule has 4 aliphatic rings. The third-order valence-corrected chi connectivity index (χ3v) is 18.5. The molecular formula is C82H54B2N4O2. The van der Waals surface area contributed by atoms with Crippen LogP contribution in [-0.4, -0.2) is 13.4 Å². The maximum Gasteiger partial charge on any atom is 0.256 e. The summed E-state index contributed by atoms with van der Waals surface area (Å²) in [4.78, 5) is 9.58. The second-order valence-corrected chi connectivity index (χ2v) is 23.5. The SMILES string of the molecule is c1ccc(N(c2ccccc2)c2cc3c4c(c2)N(c2ccccc2)c2ccccc2B4c2cc4c(c(-c5ccccc5-c5cccc6ccccc56)c2O3)Oc2cc(N(c3ccccc3)c3ccccc3)cc3c2B4c2ccccc2N3c2ccccc2)cc1. The van der Waals surface area contributed by atoms with Gasteiger partial charge in [-0.3, -0.25) is 0 Å². The highest BCUT2D eigenvalue weighted by Gasteiger charge is 2.49. The Labute approximate surface area is 524 Å². The second kappa shape index (κ2) is 21.0. The maximum atomic E-state index is 8.08. The predicted octanol–water partition coefficient (Wildman–Crippen LogP) is 17.9. The summed E-state index contributed by atoms with van der Waals surface area (Å²) < 4.78 is 16.2. The Morgan fingerprint density at radius 2 is 0.633 bits per heavy atom. The minimum atomic E-state index is -0.271. The Morgan fingerprint density at radius 1 is 0.267 bits per heavy atom. The van der Waals surface area contributed by atoms with Crippen molar-refractivity contribution in [3.8, 4) is 45.3 Å². The van der Waals surface area contributed by atoms with E-state index in [-0.39, 0.29) is 13.4 Å². The predicted molar refractivity (Wildman–Crippen MR) is 376 cm³/mol. The first-order valence-electron chi connectivity index (χ1n) is 30.9. The van der Waals surface area contributed by atoms with E-state index < -0.39 is 0 Å². The first-order valence-corrected chi connectivity index (χ1v) is 30.9. The molecule has 4 heterocycles. The van der Waals surface area contributed by atoms with Crippen LogP contribution >= 0.6 is 0 Å². The highest BCUT2D eigenvalue weighted by atomic mass is 16.5. The Balaban J connectivity index is 0.963. The Morgan fingerprint density at radius 3 is 1.10 bits per heavy atom. The minimum Gasteiger partial charge on any atom is -0.457 e. The van der Waals surface area contributed by atoms with Crippen molar-refractivity contribution in [3.05, 3.63) is 328 Å². The molecule has 14 aromatic carbocycles. The summed E-state index contributed by atoms with van der Waals surface area (Å²) in [7, 11) is 0. The molecule has 14 aromatic rings. The van der Waals surface area contributed by atoms with Crippen molar-refractivity contribution in [2.45, 2.75) is 0 Å². The molecule has 8 heteroatoms. The molecule has 18 rings (SSSR count). The summed E-state index contributed by atoms with van der Waals surface area (Å²) >= 11 is 0. The molecule has 0 radical (unpaired) electrons. The van der Waals surface area contributed by atoms with Gasteiger partial charge in [0.15, 0.2) is 0 Å². The van der Waals surface area contributed by atoms with Crippen molar-refractivity contribution in [1.82, 2.24) is 0 Å². The molecule has 0 N–H and O–H groups in total. The number of para-hydroxylation sites is 8. The molecule has 0 fully saturated rings. The van der Waals surface area contributed by atoms with Crippen molar-refractivity contribution in [3.63, 3.8) is 0 Å². The van der Waals surface area contributed by atoms with Gasteiger partial charge in [-0.1, -0.05) is 218 Å². The highest BCUT2D eigenvalue weighted by Crippen LogP contribution is 2.53. The normalized spacial score (nSPS) is 12.8.